The fourth-order valence-electron chi connectivity index (χ4n) is 1.74. The number of benzene rings is 1. The number of amides is 1. The first kappa shape index (κ1) is 23.4. The second-order valence-corrected chi connectivity index (χ2v) is 7.86. The van der Waals surface area contributed by atoms with Crippen LogP contribution in [0.1, 0.15) is 41.0 Å². The van der Waals surface area contributed by atoms with Gasteiger partial charge < -0.3 is 14.8 Å². The van der Waals surface area contributed by atoms with E-state index in [9.17, 15) is 14.0 Å². The average molecular weight is 373 g/mol. The van der Waals surface area contributed by atoms with Crippen LogP contribution in [0.4, 0.5) is 9.18 Å². The van der Waals surface area contributed by atoms with E-state index in [0.717, 1.165) is 11.2 Å². The lowest BCUT2D eigenvalue weighted by molar-refractivity contribution is -0.110. The van der Waals surface area contributed by atoms with Crippen molar-refractivity contribution in [1.29, 1.82) is 0 Å². The van der Waals surface area contributed by atoms with E-state index in [-0.39, 0.29) is 5.82 Å². The number of halogens is 1. The molecule has 0 saturated carbocycles. The molecule has 0 radical (unpaired) electrons. The van der Waals surface area contributed by atoms with Gasteiger partial charge in [-0.25, -0.2) is 9.18 Å². The maximum absolute atomic E-state index is 12.3. The maximum atomic E-state index is 12.3. The standard InChI is InChI=1S/C11H21NO3.C7H8FNS/c1-8(2)6-9(7-13)12-10(14)15-11(3,4)5;1-9-10-7-4-2-6(8)3-5-7/h7-9H,6H2,1-5H3,(H,12,14);2-5,9H,1H3. The quantitative estimate of drug-likeness (QED) is 0.579. The van der Waals surface area contributed by atoms with E-state index in [4.69, 9.17) is 4.74 Å². The van der Waals surface area contributed by atoms with Crippen molar-refractivity contribution in [2.75, 3.05) is 7.05 Å². The highest BCUT2D eigenvalue weighted by Gasteiger charge is 2.19. The average Bonchev–Trinajstić information content (AvgIpc) is 2.47. The summed E-state index contributed by atoms with van der Waals surface area (Å²) in [7, 11) is 1.83. The lowest BCUT2D eigenvalue weighted by Gasteiger charge is -2.22. The number of rotatable bonds is 6. The van der Waals surface area contributed by atoms with E-state index in [1.165, 1.54) is 24.1 Å². The van der Waals surface area contributed by atoms with E-state index in [1.54, 1.807) is 32.9 Å². The number of hydrogen-bond donors (Lipinski definition) is 2. The van der Waals surface area contributed by atoms with Crippen LogP contribution in [0.2, 0.25) is 0 Å². The van der Waals surface area contributed by atoms with Gasteiger partial charge in [-0.3, -0.25) is 4.72 Å². The number of nitrogens with one attached hydrogen (secondary N) is 2. The Morgan fingerprint density at radius 3 is 2.24 bits per heavy atom. The molecule has 142 valence electrons. The summed E-state index contributed by atoms with van der Waals surface area (Å²) in [5.41, 5.74) is -0.532. The van der Waals surface area contributed by atoms with Crippen LogP contribution in [0.15, 0.2) is 29.2 Å². The minimum absolute atomic E-state index is 0.194. The van der Waals surface area contributed by atoms with Gasteiger partial charge in [-0.2, -0.15) is 0 Å². The van der Waals surface area contributed by atoms with E-state index >= 15 is 0 Å². The Hall–Kier alpha value is -1.60. The zero-order chi connectivity index (χ0) is 19.5. The van der Waals surface area contributed by atoms with Gasteiger partial charge in [-0.05, 0) is 76.4 Å². The Morgan fingerprint density at radius 2 is 1.84 bits per heavy atom. The predicted molar refractivity (Wildman–Crippen MR) is 100.0 cm³/mol. The van der Waals surface area contributed by atoms with E-state index < -0.39 is 17.7 Å². The second kappa shape index (κ2) is 11.9. The number of carbonyl (C=O) groups is 2. The first-order valence-corrected chi connectivity index (χ1v) is 8.93. The minimum atomic E-state index is -0.541. The Morgan fingerprint density at radius 1 is 1.28 bits per heavy atom. The third kappa shape index (κ3) is 13.4. The van der Waals surface area contributed by atoms with Crippen LogP contribution in [0.5, 0.6) is 0 Å². The number of hydrogen-bond acceptors (Lipinski definition) is 5. The van der Waals surface area contributed by atoms with Gasteiger partial charge in [-0.1, -0.05) is 13.8 Å². The molecule has 0 bridgehead atoms. The second-order valence-electron chi connectivity index (χ2n) is 6.78. The molecule has 1 aromatic rings. The van der Waals surface area contributed by atoms with E-state index in [2.05, 4.69) is 10.0 Å². The summed E-state index contributed by atoms with van der Waals surface area (Å²) in [5, 5.41) is 2.53. The van der Waals surface area contributed by atoms with Crippen molar-refractivity contribution in [2.24, 2.45) is 5.92 Å². The number of carbonyl (C=O) groups excluding carboxylic acids is 2. The largest absolute Gasteiger partial charge is 0.444 e. The lowest BCUT2D eigenvalue weighted by atomic mass is 10.1. The summed E-state index contributed by atoms with van der Waals surface area (Å²) in [5.74, 6) is 0.163. The van der Waals surface area contributed by atoms with Crippen LogP contribution in [-0.2, 0) is 9.53 Å². The Balaban J connectivity index is 0.000000496. The molecule has 1 rings (SSSR count). The SMILES string of the molecule is CC(C)CC(C=O)NC(=O)OC(C)(C)C.CNSc1ccc(F)cc1. The number of ether oxygens (including phenoxy) is 1. The highest BCUT2D eigenvalue weighted by molar-refractivity contribution is 7.97. The summed E-state index contributed by atoms with van der Waals surface area (Å²) in [4.78, 5) is 23.0. The molecule has 5 nitrogen and oxygen atoms in total. The van der Waals surface area contributed by atoms with E-state index in [0.29, 0.717) is 12.3 Å². The fraction of sp³-hybridized carbons (Fsp3) is 0.556. The zero-order valence-electron chi connectivity index (χ0n) is 15.8. The lowest BCUT2D eigenvalue weighted by Crippen LogP contribution is -2.40. The normalized spacial score (nSPS) is 12.0. The molecule has 0 spiro atoms. The summed E-state index contributed by atoms with van der Waals surface area (Å²) < 4.78 is 20.2. The molecule has 1 atom stereocenters. The van der Waals surface area contributed by atoms with Gasteiger partial charge in [-0.15, -0.1) is 0 Å². The molecule has 25 heavy (non-hydrogen) atoms. The van der Waals surface area contributed by atoms with Gasteiger partial charge in [0.25, 0.3) is 0 Å². The zero-order valence-corrected chi connectivity index (χ0v) is 16.6. The van der Waals surface area contributed by atoms with Gasteiger partial charge in [0.05, 0.1) is 6.04 Å². The maximum Gasteiger partial charge on any atom is 0.408 e. The molecule has 0 aliphatic carbocycles. The number of alkyl carbamates (subject to hydrolysis) is 1. The van der Waals surface area contributed by atoms with Gasteiger partial charge in [0.1, 0.15) is 17.7 Å². The molecule has 0 aliphatic heterocycles. The highest BCUT2D eigenvalue weighted by Crippen LogP contribution is 2.13. The molecule has 1 aromatic carbocycles. The van der Waals surface area contributed by atoms with Crippen molar-refractivity contribution in [2.45, 2.75) is 57.6 Å². The van der Waals surface area contributed by atoms with Crippen molar-refractivity contribution in [3.8, 4) is 0 Å². The van der Waals surface area contributed by atoms with Crippen molar-refractivity contribution >= 4 is 24.3 Å². The van der Waals surface area contributed by atoms with Crippen LogP contribution in [0.3, 0.4) is 0 Å². The molecule has 0 aromatic heterocycles. The van der Waals surface area contributed by atoms with Crippen LogP contribution in [0, 0.1) is 11.7 Å². The van der Waals surface area contributed by atoms with Crippen LogP contribution in [0.25, 0.3) is 0 Å². The molecular formula is C18H29FN2O3S. The Kier molecular flexibility index (Phi) is 11.1. The minimum Gasteiger partial charge on any atom is -0.444 e. The third-order valence-electron chi connectivity index (χ3n) is 2.63. The molecule has 0 aliphatic rings. The first-order valence-electron chi connectivity index (χ1n) is 8.11. The fourth-order valence-corrected chi connectivity index (χ4v) is 2.24. The van der Waals surface area contributed by atoms with Crippen LogP contribution >= 0.6 is 11.9 Å². The summed E-state index contributed by atoms with van der Waals surface area (Å²) in [6.07, 6.45) is 0.826. The Bertz CT molecular complexity index is 516. The molecule has 0 saturated heterocycles. The monoisotopic (exact) mass is 372 g/mol. The van der Waals surface area contributed by atoms with Crippen LogP contribution < -0.4 is 10.0 Å². The predicted octanol–water partition coefficient (Wildman–Crippen LogP) is 4.18. The molecule has 0 fully saturated rings. The molecular weight excluding hydrogens is 343 g/mol. The van der Waals surface area contributed by atoms with Crippen LogP contribution in [-0.4, -0.2) is 31.1 Å². The van der Waals surface area contributed by atoms with Gasteiger partial charge >= 0.3 is 6.09 Å². The summed E-state index contributed by atoms with van der Waals surface area (Å²) in [6.45, 7) is 9.33. The van der Waals surface area contributed by atoms with Crippen molar-refractivity contribution < 1.29 is 18.7 Å². The van der Waals surface area contributed by atoms with Gasteiger partial charge in [0, 0.05) is 4.90 Å². The van der Waals surface area contributed by atoms with Crippen molar-refractivity contribution in [3.05, 3.63) is 30.1 Å². The summed E-state index contributed by atoms with van der Waals surface area (Å²) in [6, 6.07) is 5.90. The van der Waals surface area contributed by atoms with Gasteiger partial charge in [0.2, 0.25) is 0 Å². The van der Waals surface area contributed by atoms with Crippen molar-refractivity contribution in [1.82, 2.24) is 10.0 Å². The van der Waals surface area contributed by atoms with E-state index in [1.807, 2.05) is 20.9 Å². The van der Waals surface area contributed by atoms with Crippen molar-refractivity contribution in [3.63, 3.8) is 0 Å². The molecule has 7 heteroatoms. The summed E-state index contributed by atoms with van der Waals surface area (Å²) >= 11 is 1.47. The topological polar surface area (TPSA) is 67.4 Å². The smallest absolute Gasteiger partial charge is 0.408 e. The van der Waals surface area contributed by atoms with Gasteiger partial charge in [0.15, 0.2) is 0 Å². The highest BCUT2D eigenvalue weighted by atomic mass is 32.2. The molecule has 0 heterocycles. The number of aldehydes is 1. The molecule has 2 N–H and O–H groups in total. The third-order valence-corrected chi connectivity index (χ3v) is 3.34. The first-order chi connectivity index (χ1) is 11.6. The molecule has 1 unspecified atom stereocenters. The molecule has 1 amide bonds. The Labute approximate surface area is 154 Å².